The van der Waals surface area contributed by atoms with E-state index >= 15 is 0 Å². The van der Waals surface area contributed by atoms with Gasteiger partial charge in [-0.3, -0.25) is 0 Å². The Morgan fingerprint density at radius 2 is 2.31 bits per heavy atom. The van der Waals surface area contributed by atoms with Crippen molar-refractivity contribution in [1.29, 1.82) is 0 Å². The molecule has 1 aromatic rings. The Balaban J connectivity index is 2.76. The van der Waals surface area contributed by atoms with Gasteiger partial charge in [-0.1, -0.05) is 17.2 Å². The van der Waals surface area contributed by atoms with Crippen molar-refractivity contribution in [1.82, 2.24) is 0 Å². The fraction of sp³-hybridized carbons (Fsp3) is 0.333. The molecule has 0 N–H and O–H groups in total. The minimum atomic E-state index is -0.210. The van der Waals surface area contributed by atoms with Gasteiger partial charge in [-0.15, -0.1) is 0 Å². The molecule has 0 heterocycles. The summed E-state index contributed by atoms with van der Waals surface area (Å²) in [4.78, 5) is 2.63. The summed E-state index contributed by atoms with van der Waals surface area (Å²) >= 11 is 0. The first-order valence-electron chi connectivity index (χ1n) is 4.00. The van der Waals surface area contributed by atoms with Gasteiger partial charge in [-0.25, -0.2) is 4.39 Å². The van der Waals surface area contributed by atoms with Gasteiger partial charge in [0, 0.05) is 11.5 Å². The van der Waals surface area contributed by atoms with Gasteiger partial charge >= 0.3 is 0 Å². The molecule has 13 heavy (non-hydrogen) atoms. The van der Waals surface area contributed by atoms with Crippen LogP contribution in [-0.2, 0) is 6.42 Å². The molecule has 0 unspecified atom stereocenters. The molecule has 0 bridgehead atoms. The van der Waals surface area contributed by atoms with Gasteiger partial charge in [0.05, 0.1) is 0 Å². The largest absolute Gasteiger partial charge is 0.207 e. The molecular formula is C9H10FN3. The molecule has 0 amide bonds. The van der Waals surface area contributed by atoms with E-state index in [4.69, 9.17) is 5.53 Å². The lowest BCUT2D eigenvalue weighted by Crippen LogP contribution is -1.94. The van der Waals surface area contributed by atoms with E-state index in [9.17, 15) is 4.39 Å². The third-order valence-electron chi connectivity index (χ3n) is 1.92. The maximum absolute atomic E-state index is 13.0. The molecule has 1 rings (SSSR count). The molecule has 4 heteroatoms. The number of hydrogen-bond acceptors (Lipinski definition) is 1. The fourth-order valence-electron chi connectivity index (χ4n) is 1.14. The Kier molecular flexibility index (Phi) is 3.29. The van der Waals surface area contributed by atoms with Gasteiger partial charge in [-0.2, -0.15) is 0 Å². The fourth-order valence-corrected chi connectivity index (χ4v) is 1.14. The summed E-state index contributed by atoms with van der Waals surface area (Å²) in [5.74, 6) is -0.210. The number of halogens is 1. The molecule has 1 aromatic carbocycles. The van der Waals surface area contributed by atoms with Crippen molar-refractivity contribution in [3.05, 3.63) is 45.6 Å². The molecule has 0 aromatic heterocycles. The second-order valence-corrected chi connectivity index (χ2v) is 2.73. The molecule has 68 valence electrons. The highest BCUT2D eigenvalue weighted by Gasteiger charge is 2.01. The van der Waals surface area contributed by atoms with E-state index < -0.39 is 0 Å². The zero-order chi connectivity index (χ0) is 9.68. The van der Waals surface area contributed by atoms with Crippen LogP contribution < -0.4 is 0 Å². The maximum Gasteiger partial charge on any atom is 0.126 e. The highest BCUT2D eigenvalue weighted by molar-refractivity contribution is 5.27. The molecule has 0 aliphatic rings. The summed E-state index contributed by atoms with van der Waals surface area (Å²) in [6, 6.07) is 4.92. The van der Waals surface area contributed by atoms with Crippen LogP contribution in [0.25, 0.3) is 10.4 Å². The number of rotatable bonds is 3. The lowest BCUT2D eigenvalue weighted by molar-refractivity contribution is 0.615. The van der Waals surface area contributed by atoms with Gasteiger partial charge in [-0.05, 0) is 36.1 Å². The topological polar surface area (TPSA) is 48.8 Å². The average molecular weight is 179 g/mol. The van der Waals surface area contributed by atoms with Crippen molar-refractivity contribution in [2.45, 2.75) is 13.3 Å². The third-order valence-corrected chi connectivity index (χ3v) is 1.92. The Bertz CT molecular complexity index is 343. The van der Waals surface area contributed by atoms with Crippen molar-refractivity contribution in [2.24, 2.45) is 5.11 Å². The predicted octanol–water partition coefficient (Wildman–Crippen LogP) is 2.99. The van der Waals surface area contributed by atoms with Gasteiger partial charge in [0.1, 0.15) is 5.82 Å². The van der Waals surface area contributed by atoms with E-state index in [-0.39, 0.29) is 5.82 Å². The summed E-state index contributed by atoms with van der Waals surface area (Å²) in [5.41, 5.74) is 9.58. The zero-order valence-electron chi connectivity index (χ0n) is 7.37. The smallest absolute Gasteiger partial charge is 0.126 e. The van der Waals surface area contributed by atoms with Crippen molar-refractivity contribution >= 4 is 0 Å². The molecule has 0 atom stereocenters. The van der Waals surface area contributed by atoms with Crippen molar-refractivity contribution < 1.29 is 4.39 Å². The van der Waals surface area contributed by atoms with Gasteiger partial charge in [0.2, 0.25) is 0 Å². The first-order chi connectivity index (χ1) is 6.25. The lowest BCUT2D eigenvalue weighted by atomic mass is 10.1. The normalized spacial score (nSPS) is 9.38. The van der Waals surface area contributed by atoms with Crippen LogP contribution in [0.15, 0.2) is 23.3 Å². The number of azide groups is 1. The van der Waals surface area contributed by atoms with Crippen molar-refractivity contribution in [3.8, 4) is 0 Å². The Hall–Kier alpha value is -1.54. The molecule has 0 spiro atoms. The van der Waals surface area contributed by atoms with Crippen LogP contribution in [0.2, 0.25) is 0 Å². The zero-order valence-corrected chi connectivity index (χ0v) is 7.37. The van der Waals surface area contributed by atoms with Gasteiger partial charge in [0.25, 0.3) is 0 Å². The molecule has 0 radical (unpaired) electrons. The third kappa shape index (κ3) is 2.46. The van der Waals surface area contributed by atoms with Gasteiger partial charge < -0.3 is 0 Å². The van der Waals surface area contributed by atoms with Crippen LogP contribution in [-0.4, -0.2) is 6.54 Å². The Labute approximate surface area is 75.8 Å². The van der Waals surface area contributed by atoms with E-state index in [1.165, 1.54) is 6.07 Å². The minimum Gasteiger partial charge on any atom is -0.207 e. The summed E-state index contributed by atoms with van der Waals surface area (Å²) < 4.78 is 13.0. The minimum absolute atomic E-state index is 0.210. The summed E-state index contributed by atoms with van der Waals surface area (Å²) in [6.07, 6.45) is 0.591. The number of nitrogens with zero attached hydrogens (tertiary/aromatic N) is 3. The van der Waals surface area contributed by atoms with E-state index in [0.717, 1.165) is 5.56 Å². The van der Waals surface area contributed by atoms with Crippen LogP contribution in [0.4, 0.5) is 4.39 Å². The monoisotopic (exact) mass is 179 g/mol. The molecule has 0 saturated carbocycles. The summed E-state index contributed by atoms with van der Waals surface area (Å²) in [6.45, 7) is 2.10. The Morgan fingerprint density at radius 1 is 1.54 bits per heavy atom. The highest BCUT2D eigenvalue weighted by atomic mass is 19.1. The predicted molar refractivity (Wildman–Crippen MR) is 48.9 cm³/mol. The van der Waals surface area contributed by atoms with Gasteiger partial charge in [0.15, 0.2) is 0 Å². The van der Waals surface area contributed by atoms with Crippen LogP contribution in [0, 0.1) is 12.7 Å². The first-order valence-corrected chi connectivity index (χ1v) is 4.00. The Morgan fingerprint density at radius 3 is 3.00 bits per heavy atom. The molecule has 0 aliphatic carbocycles. The second kappa shape index (κ2) is 4.48. The van der Waals surface area contributed by atoms with E-state index in [0.29, 0.717) is 18.5 Å². The van der Waals surface area contributed by atoms with E-state index in [2.05, 4.69) is 10.0 Å². The van der Waals surface area contributed by atoms with Crippen LogP contribution in [0.5, 0.6) is 0 Å². The summed E-state index contributed by atoms with van der Waals surface area (Å²) in [7, 11) is 0. The van der Waals surface area contributed by atoms with Crippen LogP contribution in [0.3, 0.4) is 0 Å². The van der Waals surface area contributed by atoms with E-state index in [1.54, 1.807) is 13.0 Å². The summed E-state index contributed by atoms with van der Waals surface area (Å²) in [5, 5.41) is 3.40. The van der Waals surface area contributed by atoms with Crippen molar-refractivity contribution in [3.63, 3.8) is 0 Å². The SMILES string of the molecule is Cc1c(F)cccc1CCN=[N+]=[N-]. The second-order valence-electron chi connectivity index (χ2n) is 2.73. The molecule has 0 saturated heterocycles. The average Bonchev–Trinajstić information content (AvgIpc) is 2.13. The molecule has 0 aliphatic heterocycles. The standard InChI is InChI=1S/C9H10FN3/c1-7-8(5-6-12-13-11)3-2-4-9(7)10/h2-4H,5-6H2,1H3. The molecule has 3 nitrogen and oxygen atoms in total. The maximum atomic E-state index is 13.0. The van der Waals surface area contributed by atoms with E-state index in [1.807, 2.05) is 6.07 Å². The highest BCUT2D eigenvalue weighted by Crippen LogP contribution is 2.12. The lowest BCUT2D eigenvalue weighted by Gasteiger charge is -2.03. The van der Waals surface area contributed by atoms with Crippen molar-refractivity contribution in [2.75, 3.05) is 6.54 Å². The molecule has 0 fully saturated rings. The number of benzene rings is 1. The number of hydrogen-bond donors (Lipinski definition) is 0. The quantitative estimate of drug-likeness (QED) is 0.389. The van der Waals surface area contributed by atoms with Crippen LogP contribution >= 0.6 is 0 Å². The molecular weight excluding hydrogens is 169 g/mol. The van der Waals surface area contributed by atoms with Crippen LogP contribution in [0.1, 0.15) is 11.1 Å². The first kappa shape index (κ1) is 9.55.